The number of carbonyl (C=O) groups excluding carboxylic acids is 1. The first kappa shape index (κ1) is 19.2. The van der Waals surface area contributed by atoms with E-state index in [-0.39, 0.29) is 35.4 Å². The number of esters is 1. The number of halogens is 4. The minimum Gasteiger partial charge on any atom is -0.465 e. The van der Waals surface area contributed by atoms with Gasteiger partial charge in [0.25, 0.3) is 0 Å². The topological polar surface area (TPSA) is 89.0 Å². The molecule has 28 heavy (non-hydrogen) atoms. The van der Waals surface area contributed by atoms with Gasteiger partial charge in [-0.1, -0.05) is 22.9 Å². The Morgan fingerprint density at radius 2 is 2.21 bits per heavy atom. The summed E-state index contributed by atoms with van der Waals surface area (Å²) in [5, 5.41) is 6.39. The summed E-state index contributed by atoms with van der Waals surface area (Å²) in [5.74, 6) is -0.609. The smallest absolute Gasteiger partial charge is 0.421 e. The Balaban J connectivity index is 1.63. The molecule has 2 aliphatic rings. The second-order valence-electron chi connectivity index (χ2n) is 6.55. The zero-order valence-corrected chi connectivity index (χ0v) is 16.1. The SMILES string of the molecule is CCNc1nc(Nc2sc([C@]34CC[C@H]3COC4=O)nc2Cl)ncc1C(F)(F)F. The number of fused-ring (bicyclic) bond motifs is 1. The number of nitrogens with zero attached hydrogens (tertiary/aromatic N) is 3. The predicted molar refractivity (Wildman–Crippen MR) is 97.0 cm³/mol. The fourth-order valence-electron chi connectivity index (χ4n) is 3.43. The Kier molecular flexibility index (Phi) is 4.61. The molecule has 150 valence electrons. The molecule has 1 aliphatic heterocycles. The van der Waals surface area contributed by atoms with Gasteiger partial charge in [0.1, 0.15) is 26.8 Å². The second-order valence-corrected chi connectivity index (χ2v) is 7.91. The summed E-state index contributed by atoms with van der Waals surface area (Å²) in [6.45, 7) is 2.29. The number of hydrogen-bond donors (Lipinski definition) is 2. The number of nitrogens with one attached hydrogen (secondary N) is 2. The molecule has 0 aromatic carbocycles. The van der Waals surface area contributed by atoms with E-state index in [2.05, 4.69) is 25.6 Å². The largest absolute Gasteiger partial charge is 0.465 e. The lowest BCUT2D eigenvalue weighted by Gasteiger charge is -2.38. The van der Waals surface area contributed by atoms with Gasteiger partial charge in [0.15, 0.2) is 5.15 Å². The van der Waals surface area contributed by atoms with Gasteiger partial charge < -0.3 is 15.4 Å². The Morgan fingerprint density at radius 1 is 1.43 bits per heavy atom. The molecule has 0 amide bonds. The molecule has 1 saturated carbocycles. The van der Waals surface area contributed by atoms with Crippen molar-refractivity contribution in [1.29, 1.82) is 0 Å². The van der Waals surface area contributed by atoms with Gasteiger partial charge in [0.05, 0.1) is 6.61 Å². The molecule has 2 aromatic heterocycles. The highest BCUT2D eigenvalue weighted by atomic mass is 35.5. The van der Waals surface area contributed by atoms with Gasteiger partial charge in [0.2, 0.25) is 5.95 Å². The van der Waals surface area contributed by atoms with Gasteiger partial charge >= 0.3 is 12.1 Å². The van der Waals surface area contributed by atoms with Crippen LogP contribution in [0.15, 0.2) is 6.20 Å². The van der Waals surface area contributed by atoms with Gasteiger partial charge in [-0.3, -0.25) is 4.79 Å². The first-order valence-corrected chi connectivity index (χ1v) is 9.74. The standard InChI is InChI=1S/C16H15ClF3N5O2S/c1-2-21-10-8(16(18,19)20)5-22-14(24-10)25-11-9(17)23-12(28-11)15-4-3-7(15)6-27-13(15)26/h5,7H,2-4,6H2,1H3,(H2,21,22,24,25)/t7-,15-/m0/s1. The third kappa shape index (κ3) is 2.96. The van der Waals surface area contributed by atoms with Crippen LogP contribution in [-0.4, -0.2) is 34.1 Å². The van der Waals surface area contributed by atoms with Crippen LogP contribution in [0, 0.1) is 5.92 Å². The van der Waals surface area contributed by atoms with E-state index in [9.17, 15) is 18.0 Å². The van der Waals surface area contributed by atoms with Crippen molar-refractivity contribution in [3.05, 3.63) is 21.9 Å². The number of thiazole rings is 1. The zero-order valence-electron chi connectivity index (χ0n) is 14.6. The summed E-state index contributed by atoms with van der Waals surface area (Å²) in [4.78, 5) is 24.2. The third-order valence-electron chi connectivity index (χ3n) is 5.00. The quantitative estimate of drug-likeness (QED) is 0.689. The van der Waals surface area contributed by atoms with Crippen LogP contribution in [0.4, 0.5) is 29.9 Å². The maximum atomic E-state index is 13.1. The van der Waals surface area contributed by atoms with E-state index >= 15 is 0 Å². The van der Waals surface area contributed by atoms with Crippen LogP contribution in [0.1, 0.15) is 30.3 Å². The lowest BCUT2D eigenvalue weighted by atomic mass is 9.62. The summed E-state index contributed by atoms with van der Waals surface area (Å²) in [6.07, 6.45) is -2.36. The summed E-state index contributed by atoms with van der Waals surface area (Å²) in [7, 11) is 0. The first-order chi connectivity index (χ1) is 13.3. The van der Waals surface area contributed by atoms with Gasteiger partial charge in [-0.2, -0.15) is 18.2 Å². The lowest BCUT2D eigenvalue weighted by Crippen LogP contribution is -2.46. The Bertz CT molecular complexity index is 937. The fraction of sp³-hybridized carbons (Fsp3) is 0.500. The summed E-state index contributed by atoms with van der Waals surface area (Å²) in [5.41, 5.74) is -1.72. The van der Waals surface area contributed by atoms with E-state index < -0.39 is 17.2 Å². The van der Waals surface area contributed by atoms with Crippen LogP contribution < -0.4 is 10.6 Å². The number of alkyl halides is 3. The fourth-order valence-corrected chi connectivity index (χ4v) is 4.86. The molecule has 2 N–H and O–H groups in total. The van der Waals surface area contributed by atoms with Crippen molar-refractivity contribution in [2.45, 2.75) is 31.4 Å². The predicted octanol–water partition coefficient (Wildman–Crippen LogP) is 3.99. The van der Waals surface area contributed by atoms with Crippen LogP contribution in [0.5, 0.6) is 0 Å². The van der Waals surface area contributed by atoms with Crippen molar-refractivity contribution in [1.82, 2.24) is 15.0 Å². The second kappa shape index (κ2) is 6.73. The van der Waals surface area contributed by atoms with Crippen molar-refractivity contribution < 1.29 is 22.7 Å². The molecule has 0 spiro atoms. The molecular weight excluding hydrogens is 419 g/mol. The molecule has 0 bridgehead atoms. The Morgan fingerprint density at radius 3 is 2.82 bits per heavy atom. The molecule has 7 nitrogen and oxygen atoms in total. The average molecular weight is 434 g/mol. The molecule has 1 saturated heterocycles. The molecule has 2 atom stereocenters. The number of anilines is 3. The molecular formula is C16H15ClF3N5O2S. The van der Waals surface area contributed by atoms with Gasteiger partial charge in [-0.15, -0.1) is 0 Å². The normalized spacial score (nSPS) is 23.8. The molecule has 0 radical (unpaired) electrons. The summed E-state index contributed by atoms with van der Waals surface area (Å²) >= 11 is 7.35. The third-order valence-corrected chi connectivity index (χ3v) is 6.53. The minimum atomic E-state index is -4.58. The van der Waals surface area contributed by atoms with Crippen LogP contribution >= 0.6 is 22.9 Å². The number of ether oxygens (including phenoxy) is 1. The van der Waals surface area contributed by atoms with E-state index in [1.54, 1.807) is 6.92 Å². The minimum absolute atomic E-state index is 0.0577. The molecule has 3 heterocycles. The lowest BCUT2D eigenvalue weighted by molar-refractivity contribution is -0.144. The van der Waals surface area contributed by atoms with Crippen molar-refractivity contribution in [3.8, 4) is 0 Å². The van der Waals surface area contributed by atoms with Crippen LogP contribution in [0.25, 0.3) is 0 Å². The van der Waals surface area contributed by atoms with Crippen molar-refractivity contribution >= 4 is 45.7 Å². The number of aromatic nitrogens is 3. The van der Waals surface area contributed by atoms with E-state index in [0.29, 0.717) is 29.2 Å². The molecule has 1 aliphatic carbocycles. The molecule has 0 unspecified atom stereocenters. The van der Waals surface area contributed by atoms with Gasteiger partial charge in [-0.05, 0) is 19.8 Å². The molecule has 2 fully saturated rings. The number of cyclic esters (lactones) is 1. The summed E-state index contributed by atoms with van der Waals surface area (Å²) in [6, 6.07) is 0. The van der Waals surface area contributed by atoms with E-state index in [0.717, 1.165) is 17.8 Å². The highest BCUT2D eigenvalue weighted by molar-refractivity contribution is 7.16. The van der Waals surface area contributed by atoms with Crippen molar-refractivity contribution in [2.24, 2.45) is 5.92 Å². The Hall–Kier alpha value is -2.14. The van der Waals surface area contributed by atoms with Crippen molar-refractivity contribution in [2.75, 3.05) is 23.8 Å². The number of hydrogen-bond acceptors (Lipinski definition) is 8. The maximum absolute atomic E-state index is 13.1. The van der Waals surface area contributed by atoms with Crippen LogP contribution in [-0.2, 0) is 21.1 Å². The summed E-state index contributed by atoms with van der Waals surface area (Å²) < 4.78 is 44.4. The van der Waals surface area contributed by atoms with E-state index in [1.165, 1.54) is 0 Å². The van der Waals surface area contributed by atoms with Crippen molar-refractivity contribution in [3.63, 3.8) is 0 Å². The number of rotatable bonds is 5. The van der Waals surface area contributed by atoms with E-state index in [4.69, 9.17) is 16.3 Å². The Labute approximate surface area is 166 Å². The monoisotopic (exact) mass is 433 g/mol. The maximum Gasteiger partial charge on any atom is 0.421 e. The number of carbonyl (C=O) groups is 1. The average Bonchev–Trinajstić information content (AvgIpc) is 3.04. The first-order valence-electron chi connectivity index (χ1n) is 8.55. The van der Waals surface area contributed by atoms with Crippen LogP contribution in [0.3, 0.4) is 0 Å². The van der Waals surface area contributed by atoms with E-state index in [1.807, 2.05) is 0 Å². The highest BCUT2D eigenvalue weighted by Crippen LogP contribution is 2.55. The van der Waals surface area contributed by atoms with Gasteiger partial charge in [0, 0.05) is 18.7 Å². The van der Waals surface area contributed by atoms with Crippen LogP contribution in [0.2, 0.25) is 5.15 Å². The molecule has 12 heteroatoms. The van der Waals surface area contributed by atoms with Gasteiger partial charge in [-0.25, -0.2) is 9.97 Å². The molecule has 2 aromatic rings. The molecule has 4 rings (SSSR count). The highest BCUT2D eigenvalue weighted by Gasteiger charge is 2.61. The zero-order chi connectivity index (χ0) is 20.1.